The average molecular weight is 339 g/mol. The summed E-state index contributed by atoms with van der Waals surface area (Å²) >= 11 is 13.4. The molecule has 0 spiro atoms. The van der Waals surface area contributed by atoms with Crippen LogP contribution in [-0.4, -0.2) is 12.5 Å². The van der Waals surface area contributed by atoms with Crippen LogP contribution in [-0.2, 0) is 6.54 Å². The van der Waals surface area contributed by atoms with Crippen molar-refractivity contribution in [1.29, 1.82) is 0 Å². The number of thiophene rings is 1. The van der Waals surface area contributed by atoms with Gasteiger partial charge in [0, 0.05) is 15.5 Å². The molecule has 2 aromatic rings. The van der Waals surface area contributed by atoms with Gasteiger partial charge in [-0.25, -0.2) is 0 Å². The van der Waals surface area contributed by atoms with Crippen molar-refractivity contribution < 1.29 is 4.79 Å². The number of carbonyl (C=O) groups excluding carboxylic acids is 1. The molecule has 1 aromatic carbocycles. The van der Waals surface area contributed by atoms with Crippen LogP contribution in [0.3, 0.4) is 0 Å². The molecule has 3 nitrogen and oxygen atoms in total. The van der Waals surface area contributed by atoms with E-state index in [2.05, 4.69) is 17.2 Å². The minimum Gasteiger partial charge on any atom is -0.347 e. The lowest BCUT2D eigenvalue weighted by atomic mass is 10.2. The minimum absolute atomic E-state index is 0.270. The second kappa shape index (κ2) is 7.48. The van der Waals surface area contributed by atoms with Crippen LogP contribution in [0.5, 0.6) is 0 Å². The molecule has 0 bridgehead atoms. The van der Waals surface area contributed by atoms with Crippen molar-refractivity contribution in [3.63, 3.8) is 0 Å². The highest BCUT2D eigenvalue weighted by Crippen LogP contribution is 2.21. The summed E-state index contributed by atoms with van der Waals surface area (Å²) in [6, 6.07) is 6.69. The number of nitrogens with one attached hydrogen (secondary N) is 1. The Kier molecular flexibility index (Phi) is 5.66. The largest absolute Gasteiger partial charge is 0.347 e. The van der Waals surface area contributed by atoms with Crippen molar-refractivity contribution in [2.45, 2.75) is 6.54 Å². The van der Waals surface area contributed by atoms with Gasteiger partial charge in [0.1, 0.15) is 0 Å². The summed E-state index contributed by atoms with van der Waals surface area (Å²) < 4.78 is 0. The van der Waals surface area contributed by atoms with Crippen LogP contribution < -0.4 is 11.1 Å². The highest BCUT2D eigenvalue weighted by molar-refractivity contribution is 7.10. The molecule has 0 aliphatic carbocycles. The molecule has 21 heavy (non-hydrogen) atoms. The highest BCUT2D eigenvalue weighted by atomic mass is 35.5. The van der Waals surface area contributed by atoms with Crippen LogP contribution >= 0.6 is 34.5 Å². The number of amides is 1. The van der Waals surface area contributed by atoms with Crippen LogP contribution in [0.25, 0.3) is 0 Å². The van der Waals surface area contributed by atoms with Crippen LogP contribution in [0.1, 0.15) is 20.8 Å². The molecule has 2 rings (SSSR count). The maximum Gasteiger partial charge on any atom is 0.253 e. The van der Waals surface area contributed by atoms with E-state index in [0.29, 0.717) is 28.7 Å². The molecule has 0 unspecified atom stereocenters. The Morgan fingerprint density at radius 2 is 2.14 bits per heavy atom. The molecule has 0 saturated heterocycles. The lowest BCUT2D eigenvalue weighted by Gasteiger charge is -2.06. The first-order valence-electron chi connectivity index (χ1n) is 6.10. The minimum atomic E-state index is -0.270. The van der Waals surface area contributed by atoms with E-state index in [9.17, 15) is 4.79 Å². The molecule has 0 fully saturated rings. The van der Waals surface area contributed by atoms with E-state index >= 15 is 0 Å². The number of hydrogen-bond acceptors (Lipinski definition) is 3. The van der Waals surface area contributed by atoms with Gasteiger partial charge in [-0.3, -0.25) is 4.79 Å². The Balaban J connectivity index is 2.08. The maximum atomic E-state index is 12.1. The van der Waals surface area contributed by atoms with E-state index in [-0.39, 0.29) is 5.91 Å². The third kappa shape index (κ3) is 4.23. The number of hydrogen-bond donors (Lipinski definition) is 2. The number of nitrogens with two attached hydrogens (primary N) is 1. The zero-order chi connectivity index (χ0) is 15.2. The number of carbonyl (C=O) groups is 1. The van der Waals surface area contributed by atoms with E-state index < -0.39 is 0 Å². The lowest BCUT2D eigenvalue weighted by molar-refractivity contribution is 0.0951. The van der Waals surface area contributed by atoms with E-state index in [0.717, 1.165) is 10.4 Å². The summed E-state index contributed by atoms with van der Waals surface area (Å²) in [6.07, 6.45) is 0. The summed E-state index contributed by atoms with van der Waals surface area (Å²) in [6.45, 7) is 0.688. The van der Waals surface area contributed by atoms with Crippen molar-refractivity contribution in [2.24, 2.45) is 5.73 Å². The normalized spacial score (nSPS) is 9.86. The predicted octanol–water partition coefficient (Wildman–Crippen LogP) is 3.30. The van der Waals surface area contributed by atoms with Gasteiger partial charge in [-0.15, -0.1) is 11.3 Å². The maximum absolute atomic E-state index is 12.1. The molecule has 1 amide bonds. The van der Waals surface area contributed by atoms with Crippen molar-refractivity contribution in [1.82, 2.24) is 5.32 Å². The third-order valence-corrected chi connectivity index (χ3v) is 4.14. The number of halogens is 2. The molecular formula is C15H12Cl2N2OS. The fourth-order valence-corrected chi connectivity index (χ4v) is 2.81. The van der Waals surface area contributed by atoms with Crippen molar-refractivity contribution in [3.8, 4) is 11.8 Å². The molecule has 1 heterocycles. The molecular weight excluding hydrogens is 327 g/mol. The van der Waals surface area contributed by atoms with Crippen molar-refractivity contribution in [3.05, 3.63) is 55.7 Å². The van der Waals surface area contributed by atoms with Gasteiger partial charge in [0.05, 0.1) is 23.7 Å². The first kappa shape index (κ1) is 15.9. The number of rotatable bonds is 3. The molecule has 0 atom stereocenters. The molecule has 0 aliphatic rings. The van der Waals surface area contributed by atoms with E-state index in [4.69, 9.17) is 28.9 Å². The van der Waals surface area contributed by atoms with Crippen molar-refractivity contribution >= 4 is 40.4 Å². The molecule has 108 valence electrons. The average Bonchev–Trinajstić information content (AvgIpc) is 2.92. The fraction of sp³-hybridized carbons (Fsp3) is 0.133. The SMILES string of the molecule is NCC#Cc1ccsc1CNC(=O)c1cc(Cl)ccc1Cl. The van der Waals surface area contributed by atoms with Gasteiger partial charge in [0.15, 0.2) is 0 Å². The summed E-state index contributed by atoms with van der Waals surface area (Å²) in [4.78, 5) is 13.1. The quantitative estimate of drug-likeness (QED) is 0.843. The molecule has 0 radical (unpaired) electrons. The Bertz CT molecular complexity index is 716. The van der Waals surface area contributed by atoms with Gasteiger partial charge in [-0.2, -0.15) is 0 Å². The molecule has 0 aliphatic heterocycles. The van der Waals surface area contributed by atoms with Crippen LogP contribution in [0.2, 0.25) is 10.0 Å². The highest BCUT2D eigenvalue weighted by Gasteiger charge is 2.11. The Morgan fingerprint density at radius 3 is 2.90 bits per heavy atom. The van der Waals surface area contributed by atoms with Crippen LogP contribution in [0.15, 0.2) is 29.6 Å². The van der Waals surface area contributed by atoms with Crippen LogP contribution in [0, 0.1) is 11.8 Å². The summed E-state index contributed by atoms with van der Waals surface area (Å²) in [7, 11) is 0. The summed E-state index contributed by atoms with van der Waals surface area (Å²) in [5.74, 6) is 5.50. The predicted molar refractivity (Wildman–Crippen MR) is 87.9 cm³/mol. The Labute approximate surface area is 137 Å². The zero-order valence-corrected chi connectivity index (χ0v) is 13.3. The lowest BCUT2D eigenvalue weighted by Crippen LogP contribution is -2.23. The Morgan fingerprint density at radius 1 is 1.33 bits per heavy atom. The van der Waals surface area contributed by atoms with E-state index in [1.54, 1.807) is 18.2 Å². The second-order valence-corrected chi connectivity index (χ2v) is 5.91. The summed E-state index contributed by atoms with van der Waals surface area (Å²) in [5.41, 5.74) is 6.59. The first-order valence-corrected chi connectivity index (χ1v) is 7.74. The van der Waals surface area contributed by atoms with E-state index in [1.807, 2.05) is 11.4 Å². The standard InChI is InChI=1S/C15H12Cl2N2OS/c16-11-3-4-13(17)12(8-11)15(20)19-9-14-10(2-1-6-18)5-7-21-14/h3-5,7-8H,6,9,18H2,(H,19,20). The van der Waals surface area contributed by atoms with Crippen LogP contribution in [0.4, 0.5) is 0 Å². The molecule has 6 heteroatoms. The smallest absolute Gasteiger partial charge is 0.253 e. The molecule has 0 saturated carbocycles. The summed E-state index contributed by atoms with van der Waals surface area (Å²) in [5, 5.41) is 5.58. The first-order chi connectivity index (χ1) is 10.1. The van der Waals surface area contributed by atoms with Gasteiger partial charge in [-0.05, 0) is 29.6 Å². The van der Waals surface area contributed by atoms with Gasteiger partial charge < -0.3 is 11.1 Å². The van der Waals surface area contributed by atoms with Gasteiger partial charge in [-0.1, -0.05) is 35.0 Å². The topological polar surface area (TPSA) is 55.1 Å². The Hall–Kier alpha value is -1.51. The monoisotopic (exact) mass is 338 g/mol. The second-order valence-electron chi connectivity index (χ2n) is 4.07. The molecule has 3 N–H and O–H groups in total. The molecule has 1 aromatic heterocycles. The van der Waals surface area contributed by atoms with E-state index in [1.165, 1.54) is 11.3 Å². The fourth-order valence-electron chi connectivity index (χ4n) is 1.66. The number of benzene rings is 1. The van der Waals surface area contributed by atoms with Gasteiger partial charge in [0.2, 0.25) is 0 Å². The third-order valence-electron chi connectivity index (χ3n) is 2.65. The van der Waals surface area contributed by atoms with Gasteiger partial charge in [0.25, 0.3) is 5.91 Å². The van der Waals surface area contributed by atoms with Gasteiger partial charge >= 0.3 is 0 Å². The zero-order valence-electron chi connectivity index (χ0n) is 11.0. The van der Waals surface area contributed by atoms with Crippen molar-refractivity contribution in [2.75, 3.05) is 6.54 Å².